The van der Waals surface area contributed by atoms with Crippen LogP contribution in [0.2, 0.25) is 0 Å². The minimum atomic E-state index is 0.278. The molecule has 170 valence electrons. The van der Waals surface area contributed by atoms with Crippen molar-refractivity contribution in [3.63, 3.8) is 0 Å². The molecular weight excluding hydrogens is 392 g/mol. The van der Waals surface area contributed by atoms with Crippen molar-refractivity contribution in [3.05, 3.63) is 71.8 Å². The summed E-state index contributed by atoms with van der Waals surface area (Å²) in [5.74, 6) is 2.43. The summed E-state index contributed by atoms with van der Waals surface area (Å²) in [7, 11) is 0. The number of carbonyl (C=O) groups is 1. The molecule has 0 bridgehead atoms. The van der Waals surface area contributed by atoms with Crippen LogP contribution in [0.4, 0.5) is 0 Å². The largest absolute Gasteiger partial charge is 0.341 e. The van der Waals surface area contributed by atoms with Crippen molar-refractivity contribution >= 4 is 5.91 Å². The summed E-state index contributed by atoms with van der Waals surface area (Å²) < 4.78 is 0. The molecule has 2 aromatic carbocycles. The molecule has 2 saturated heterocycles. The van der Waals surface area contributed by atoms with Crippen molar-refractivity contribution in [2.24, 2.45) is 11.8 Å². The van der Waals surface area contributed by atoms with Gasteiger partial charge in [0.15, 0.2) is 0 Å². The summed E-state index contributed by atoms with van der Waals surface area (Å²) in [6.45, 7) is 5.32. The lowest BCUT2D eigenvalue weighted by atomic mass is 9.86. The Balaban J connectivity index is 1.24. The number of piperidine rings is 1. The molecule has 3 heteroatoms. The molecule has 2 aromatic rings. The van der Waals surface area contributed by atoms with Crippen LogP contribution in [0.15, 0.2) is 60.7 Å². The number of amides is 1. The Hall–Kier alpha value is -2.13. The molecule has 32 heavy (non-hydrogen) atoms. The van der Waals surface area contributed by atoms with Crippen LogP contribution in [0.5, 0.6) is 0 Å². The number of nitrogens with zero attached hydrogens (tertiary/aromatic N) is 2. The molecule has 0 unspecified atom stereocenters. The Labute approximate surface area is 193 Å². The zero-order chi connectivity index (χ0) is 21.8. The van der Waals surface area contributed by atoms with E-state index in [4.69, 9.17) is 0 Å². The van der Waals surface area contributed by atoms with Gasteiger partial charge in [-0.15, -0.1) is 0 Å². The van der Waals surface area contributed by atoms with Crippen molar-refractivity contribution in [2.75, 3.05) is 32.7 Å². The lowest BCUT2D eigenvalue weighted by Crippen LogP contribution is -2.39. The number of benzene rings is 2. The number of carbonyl (C=O) groups excluding carboxylic acids is 1. The van der Waals surface area contributed by atoms with E-state index < -0.39 is 0 Å². The van der Waals surface area contributed by atoms with Gasteiger partial charge in [-0.25, -0.2) is 0 Å². The predicted octanol–water partition coefficient (Wildman–Crippen LogP) is 5.69. The first-order valence-electron chi connectivity index (χ1n) is 12.9. The maximum atomic E-state index is 13.3. The zero-order valence-electron chi connectivity index (χ0n) is 19.4. The highest BCUT2D eigenvalue weighted by atomic mass is 16.2. The molecule has 0 N–H and O–H groups in total. The molecule has 1 aliphatic carbocycles. The summed E-state index contributed by atoms with van der Waals surface area (Å²) in [5.41, 5.74) is 2.91. The third-order valence-electron chi connectivity index (χ3n) is 8.29. The highest BCUT2D eigenvalue weighted by molar-refractivity contribution is 5.79. The molecule has 1 amide bonds. The first-order chi connectivity index (χ1) is 15.8. The predicted molar refractivity (Wildman–Crippen MR) is 131 cm³/mol. The standard InChI is InChI=1S/C29H38N2O/c32-29(26-14-8-3-9-15-26)31-21-27(28(22-31)25-12-6-2-7-13-25)20-30-18-16-24(17-19-30)23-10-4-1-5-11-23/h1-2,4-7,10-13,24,26-28H,3,8-9,14-22H2/t27-,28+/m1/s1. The molecule has 0 radical (unpaired) electrons. The summed E-state index contributed by atoms with van der Waals surface area (Å²) >= 11 is 0. The second kappa shape index (κ2) is 10.2. The van der Waals surface area contributed by atoms with Crippen LogP contribution in [0.1, 0.15) is 67.9 Å². The molecule has 2 aliphatic heterocycles. The van der Waals surface area contributed by atoms with Gasteiger partial charge in [0.1, 0.15) is 0 Å². The van der Waals surface area contributed by atoms with Crippen molar-refractivity contribution in [1.29, 1.82) is 0 Å². The molecule has 2 heterocycles. The Bertz CT molecular complexity index is 853. The van der Waals surface area contributed by atoms with Crippen molar-refractivity contribution in [1.82, 2.24) is 9.80 Å². The van der Waals surface area contributed by atoms with Gasteiger partial charge < -0.3 is 9.80 Å². The Morgan fingerprint density at radius 2 is 1.38 bits per heavy atom. The first kappa shape index (κ1) is 21.7. The van der Waals surface area contributed by atoms with E-state index in [0.29, 0.717) is 23.7 Å². The van der Waals surface area contributed by atoms with E-state index >= 15 is 0 Å². The Morgan fingerprint density at radius 3 is 2.03 bits per heavy atom. The molecule has 2 atom stereocenters. The van der Waals surface area contributed by atoms with E-state index in [2.05, 4.69) is 70.5 Å². The lowest BCUT2D eigenvalue weighted by Gasteiger charge is -2.35. The summed E-state index contributed by atoms with van der Waals surface area (Å²) in [4.78, 5) is 18.2. The van der Waals surface area contributed by atoms with E-state index in [9.17, 15) is 4.79 Å². The molecule has 3 aliphatic rings. The van der Waals surface area contributed by atoms with Crippen LogP contribution in [0, 0.1) is 11.8 Å². The monoisotopic (exact) mass is 430 g/mol. The lowest BCUT2D eigenvalue weighted by molar-refractivity contribution is -0.135. The van der Waals surface area contributed by atoms with Gasteiger partial charge in [-0.05, 0) is 61.7 Å². The van der Waals surface area contributed by atoms with E-state index in [1.54, 1.807) is 0 Å². The highest BCUT2D eigenvalue weighted by Crippen LogP contribution is 2.37. The first-order valence-corrected chi connectivity index (χ1v) is 12.9. The van der Waals surface area contributed by atoms with Crippen molar-refractivity contribution < 1.29 is 4.79 Å². The van der Waals surface area contributed by atoms with Gasteiger partial charge >= 0.3 is 0 Å². The average molecular weight is 431 g/mol. The van der Waals surface area contributed by atoms with Crippen LogP contribution in [-0.4, -0.2) is 48.4 Å². The van der Waals surface area contributed by atoms with Crippen LogP contribution in [0.3, 0.4) is 0 Å². The second-order valence-corrected chi connectivity index (χ2v) is 10.3. The van der Waals surface area contributed by atoms with E-state index in [0.717, 1.165) is 32.5 Å². The van der Waals surface area contributed by atoms with Gasteiger partial charge in [-0.2, -0.15) is 0 Å². The van der Waals surface area contributed by atoms with E-state index in [-0.39, 0.29) is 5.92 Å². The number of hydrogen-bond acceptors (Lipinski definition) is 2. The average Bonchev–Trinajstić information content (AvgIpc) is 3.29. The van der Waals surface area contributed by atoms with Crippen molar-refractivity contribution in [3.8, 4) is 0 Å². The molecule has 0 aromatic heterocycles. The quantitative estimate of drug-likeness (QED) is 0.608. The second-order valence-electron chi connectivity index (χ2n) is 10.3. The van der Waals surface area contributed by atoms with Gasteiger partial charge in [0.05, 0.1) is 0 Å². The molecule has 3 nitrogen and oxygen atoms in total. The fraction of sp³-hybridized carbons (Fsp3) is 0.552. The molecule has 3 fully saturated rings. The SMILES string of the molecule is O=C(C1CCCCC1)N1C[C@@H](CN2CCC(c3ccccc3)CC2)[C@H](c2ccccc2)C1. The smallest absolute Gasteiger partial charge is 0.225 e. The summed E-state index contributed by atoms with van der Waals surface area (Å²) in [5, 5.41) is 0. The van der Waals surface area contributed by atoms with Crippen LogP contribution in [-0.2, 0) is 4.79 Å². The van der Waals surface area contributed by atoms with Crippen LogP contribution in [0.25, 0.3) is 0 Å². The van der Waals surface area contributed by atoms with Crippen LogP contribution < -0.4 is 0 Å². The third kappa shape index (κ3) is 4.93. The molecular formula is C29H38N2O. The molecule has 5 rings (SSSR count). The highest BCUT2D eigenvalue weighted by Gasteiger charge is 2.39. The zero-order valence-corrected chi connectivity index (χ0v) is 19.4. The van der Waals surface area contributed by atoms with Gasteiger partial charge in [0.25, 0.3) is 0 Å². The minimum absolute atomic E-state index is 0.278. The summed E-state index contributed by atoms with van der Waals surface area (Å²) in [6.07, 6.45) is 8.46. The fourth-order valence-corrected chi connectivity index (χ4v) is 6.43. The maximum absolute atomic E-state index is 13.3. The van der Waals surface area contributed by atoms with Crippen molar-refractivity contribution in [2.45, 2.75) is 56.8 Å². The number of hydrogen-bond donors (Lipinski definition) is 0. The molecule has 0 spiro atoms. The van der Waals surface area contributed by atoms with Crippen LogP contribution >= 0.6 is 0 Å². The number of rotatable bonds is 5. The topological polar surface area (TPSA) is 23.6 Å². The maximum Gasteiger partial charge on any atom is 0.225 e. The fourth-order valence-electron chi connectivity index (χ4n) is 6.43. The van der Waals surface area contributed by atoms with E-state index in [1.165, 1.54) is 56.3 Å². The normalized spacial score (nSPS) is 25.8. The van der Waals surface area contributed by atoms with Gasteiger partial charge in [0.2, 0.25) is 5.91 Å². The van der Waals surface area contributed by atoms with Gasteiger partial charge in [0, 0.05) is 31.5 Å². The van der Waals surface area contributed by atoms with Gasteiger partial charge in [-0.1, -0.05) is 79.9 Å². The van der Waals surface area contributed by atoms with Gasteiger partial charge in [-0.3, -0.25) is 4.79 Å². The minimum Gasteiger partial charge on any atom is -0.341 e. The molecule has 1 saturated carbocycles. The Morgan fingerprint density at radius 1 is 0.750 bits per heavy atom. The third-order valence-corrected chi connectivity index (χ3v) is 8.29. The Kier molecular flexibility index (Phi) is 6.92. The number of likely N-dealkylation sites (tertiary alicyclic amines) is 2. The summed E-state index contributed by atoms with van der Waals surface area (Å²) in [6, 6.07) is 22.0. The van der Waals surface area contributed by atoms with E-state index in [1.807, 2.05) is 0 Å².